The van der Waals surface area contributed by atoms with Crippen molar-refractivity contribution in [1.82, 2.24) is 9.80 Å². The Morgan fingerprint density at radius 3 is 2.14 bits per heavy atom. The van der Waals surface area contributed by atoms with E-state index < -0.39 is 0 Å². The predicted octanol–water partition coefficient (Wildman–Crippen LogP) is 2.92. The molecule has 0 spiro atoms. The van der Waals surface area contributed by atoms with Crippen molar-refractivity contribution >= 4 is 5.91 Å². The molecule has 3 rings (SSSR count). The monoisotopic (exact) mass is 290 g/mol. The van der Waals surface area contributed by atoms with Gasteiger partial charge in [0, 0.05) is 25.2 Å². The van der Waals surface area contributed by atoms with Gasteiger partial charge in [-0.1, -0.05) is 19.4 Å². The first-order chi connectivity index (χ1) is 10.1. The summed E-state index contributed by atoms with van der Waals surface area (Å²) in [7, 11) is 0. The average Bonchev–Trinajstić information content (AvgIpc) is 3.07. The average molecular weight is 290 g/mol. The van der Waals surface area contributed by atoms with Crippen molar-refractivity contribution in [3.05, 3.63) is 12.2 Å². The lowest BCUT2D eigenvalue weighted by molar-refractivity contribution is -0.126. The van der Waals surface area contributed by atoms with Gasteiger partial charge in [0.2, 0.25) is 5.91 Å². The normalized spacial score (nSPS) is 31.2. The molecule has 1 saturated carbocycles. The molecule has 3 heteroatoms. The molecule has 118 valence electrons. The molecule has 1 aliphatic carbocycles. The summed E-state index contributed by atoms with van der Waals surface area (Å²) < 4.78 is 0. The van der Waals surface area contributed by atoms with Crippen LogP contribution in [0.15, 0.2) is 12.2 Å². The molecule has 2 heterocycles. The largest absolute Gasteiger partial charge is 0.338 e. The summed E-state index contributed by atoms with van der Waals surface area (Å²) in [6, 6.07) is 0. The number of likely N-dealkylation sites (tertiary alicyclic amines) is 2. The van der Waals surface area contributed by atoms with E-state index in [2.05, 4.69) is 11.5 Å². The van der Waals surface area contributed by atoms with Crippen molar-refractivity contribution < 1.29 is 4.79 Å². The molecule has 0 aromatic rings. The zero-order chi connectivity index (χ0) is 14.8. The maximum Gasteiger partial charge on any atom is 0.248 e. The van der Waals surface area contributed by atoms with Gasteiger partial charge in [-0.2, -0.15) is 0 Å². The lowest BCUT2D eigenvalue weighted by atomic mass is 9.92. The quantitative estimate of drug-likeness (QED) is 0.746. The van der Waals surface area contributed by atoms with Crippen molar-refractivity contribution in [3.8, 4) is 0 Å². The minimum absolute atomic E-state index is 0.172. The second-order valence-corrected chi connectivity index (χ2v) is 7.54. The molecule has 0 unspecified atom stereocenters. The van der Waals surface area contributed by atoms with Gasteiger partial charge in [0.05, 0.1) is 0 Å². The van der Waals surface area contributed by atoms with Crippen LogP contribution in [0.5, 0.6) is 0 Å². The Kier molecular flexibility index (Phi) is 4.68. The van der Waals surface area contributed by atoms with Gasteiger partial charge in [-0.15, -0.1) is 0 Å². The van der Waals surface area contributed by atoms with Crippen molar-refractivity contribution in [2.24, 2.45) is 17.8 Å². The van der Waals surface area contributed by atoms with E-state index in [1.54, 1.807) is 0 Å². The molecular weight excluding hydrogens is 260 g/mol. The van der Waals surface area contributed by atoms with E-state index in [-0.39, 0.29) is 5.91 Å². The lowest BCUT2D eigenvalue weighted by Gasteiger charge is -2.24. The number of carbonyl (C=O) groups excluding carboxylic acids is 1. The number of fused-ring (bicyclic) bond motifs is 1. The molecule has 0 aromatic carbocycles. The van der Waals surface area contributed by atoms with Gasteiger partial charge in [0.15, 0.2) is 0 Å². The Labute approximate surface area is 129 Å². The van der Waals surface area contributed by atoms with E-state index in [1.165, 1.54) is 58.2 Å². The van der Waals surface area contributed by atoms with Crippen LogP contribution in [0.1, 0.15) is 45.4 Å². The first kappa shape index (κ1) is 15.1. The first-order valence-electron chi connectivity index (χ1n) is 8.80. The van der Waals surface area contributed by atoms with Gasteiger partial charge in [-0.25, -0.2) is 0 Å². The molecule has 0 aromatic heterocycles. The van der Waals surface area contributed by atoms with E-state index in [4.69, 9.17) is 0 Å². The molecule has 0 radical (unpaired) electrons. The molecule has 1 amide bonds. The number of amides is 1. The van der Waals surface area contributed by atoms with Crippen LogP contribution in [-0.4, -0.2) is 48.4 Å². The Morgan fingerprint density at radius 2 is 1.62 bits per heavy atom. The zero-order valence-electron chi connectivity index (χ0n) is 13.5. The van der Waals surface area contributed by atoms with Crippen LogP contribution < -0.4 is 0 Å². The number of nitrogens with zero attached hydrogens (tertiary/aromatic N) is 2. The Hall–Kier alpha value is -0.830. The Balaban J connectivity index is 1.50. The van der Waals surface area contributed by atoms with Crippen LogP contribution >= 0.6 is 0 Å². The highest BCUT2D eigenvalue weighted by atomic mass is 16.2. The molecular formula is C18H30N2O. The molecule has 0 N–H and O–H groups in total. The summed E-state index contributed by atoms with van der Waals surface area (Å²) in [5.41, 5.74) is 0.689. The van der Waals surface area contributed by atoms with E-state index in [0.717, 1.165) is 30.8 Å². The summed E-state index contributed by atoms with van der Waals surface area (Å²) >= 11 is 0. The SMILES string of the molecule is C=C(C)C(=O)N1C[C@H]2CCN(CC3CCCC3)CC[C@H]2C1. The molecule has 2 aliphatic heterocycles. The Bertz CT molecular complexity index is 384. The van der Waals surface area contributed by atoms with Crippen LogP contribution in [-0.2, 0) is 4.79 Å². The fourth-order valence-corrected chi connectivity index (χ4v) is 4.58. The van der Waals surface area contributed by atoms with Crippen LogP contribution in [0, 0.1) is 17.8 Å². The third-order valence-electron chi connectivity index (χ3n) is 5.85. The molecule has 0 bridgehead atoms. The molecule has 21 heavy (non-hydrogen) atoms. The minimum Gasteiger partial charge on any atom is -0.338 e. The third kappa shape index (κ3) is 3.50. The minimum atomic E-state index is 0.172. The highest BCUT2D eigenvalue weighted by Gasteiger charge is 2.37. The number of rotatable bonds is 3. The highest BCUT2D eigenvalue weighted by molar-refractivity contribution is 5.92. The Morgan fingerprint density at radius 1 is 1.05 bits per heavy atom. The fraction of sp³-hybridized carbons (Fsp3) is 0.833. The summed E-state index contributed by atoms with van der Waals surface area (Å²) in [6.45, 7) is 11.4. The van der Waals surface area contributed by atoms with Crippen LogP contribution in [0.4, 0.5) is 0 Å². The van der Waals surface area contributed by atoms with Gasteiger partial charge in [-0.05, 0) is 63.5 Å². The van der Waals surface area contributed by atoms with Crippen molar-refractivity contribution in [2.75, 3.05) is 32.7 Å². The first-order valence-corrected chi connectivity index (χ1v) is 8.80. The summed E-state index contributed by atoms with van der Waals surface area (Å²) in [6.07, 6.45) is 8.34. The fourth-order valence-electron chi connectivity index (χ4n) is 4.58. The lowest BCUT2D eigenvalue weighted by Crippen LogP contribution is -2.33. The predicted molar refractivity (Wildman–Crippen MR) is 86.0 cm³/mol. The van der Waals surface area contributed by atoms with Gasteiger partial charge >= 0.3 is 0 Å². The molecule has 3 nitrogen and oxygen atoms in total. The third-order valence-corrected chi connectivity index (χ3v) is 5.85. The smallest absolute Gasteiger partial charge is 0.248 e. The molecule has 3 fully saturated rings. The van der Waals surface area contributed by atoms with E-state index in [9.17, 15) is 4.79 Å². The van der Waals surface area contributed by atoms with E-state index in [0.29, 0.717) is 5.57 Å². The van der Waals surface area contributed by atoms with Crippen LogP contribution in [0.2, 0.25) is 0 Å². The highest BCUT2D eigenvalue weighted by Crippen LogP contribution is 2.33. The van der Waals surface area contributed by atoms with E-state index >= 15 is 0 Å². The van der Waals surface area contributed by atoms with Crippen molar-refractivity contribution in [3.63, 3.8) is 0 Å². The van der Waals surface area contributed by atoms with Gasteiger partial charge in [0.25, 0.3) is 0 Å². The number of hydrogen-bond donors (Lipinski definition) is 0. The summed E-state index contributed by atoms with van der Waals surface area (Å²) in [5, 5.41) is 0. The number of carbonyl (C=O) groups is 1. The van der Waals surface area contributed by atoms with Crippen LogP contribution in [0.25, 0.3) is 0 Å². The van der Waals surface area contributed by atoms with Crippen LogP contribution in [0.3, 0.4) is 0 Å². The number of hydrogen-bond acceptors (Lipinski definition) is 2. The van der Waals surface area contributed by atoms with E-state index in [1.807, 2.05) is 11.8 Å². The van der Waals surface area contributed by atoms with Gasteiger partial charge in [0.1, 0.15) is 0 Å². The molecule has 2 saturated heterocycles. The zero-order valence-corrected chi connectivity index (χ0v) is 13.5. The maximum absolute atomic E-state index is 12.1. The molecule has 3 aliphatic rings. The second-order valence-electron chi connectivity index (χ2n) is 7.54. The van der Waals surface area contributed by atoms with Gasteiger partial charge in [-0.3, -0.25) is 4.79 Å². The molecule has 2 atom stereocenters. The standard InChI is InChI=1S/C18H30N2O/c1-14(2)18(21)20-12-16-7-9-19(10-8-17(16)13-20)11-15-5-3-4-6-15/h15-17H,1,3-13H2,2H3/t16-,17+. The second kappa shape index (κ2) is 6.51. The van der Waals surface area contributed by atoms with Crippen molar-refractivity contribution in [2.45, 2.75) is 45.4 Å². The summed E-state index contributed by atoms with van der Waals surface area (Å²) in [4.78, 5) is 16.8. The topological polar surface area (TPSA) is 23.6 Å². The van der Waals surface area contributed by atoms with Gasteiger partial charge < -0.3 is 9.80 Å². The summed E-state index contributed by atoms with van der Waals surface area (Å²) in [5.74, 6) is 2.58. The van der Waals surface area contributed by atoms with Crippen molar-refractivity contribution in [1.29, 1.82) is 0 Å². The maximum atomic E-state index is 12.1.